The monoisotopic (exact) mass is 226 g/mol. The molecule has 1 rings (SSSR count). The fourth-order valence-electron chi connectivity index (χ4n) is 1.41. The molecule has 0 fully saturated rings. The molecule has 0 saturated carbocycles. The van der Waals surface area contributed by atoms with Crippen molar-refractivity contribution in [1.29, 1.82) is 0 Å². The molecule has 0 spiro atoms. The van der Waals surface area contributed by atoms with E-state index in [0.29, 0.717) is 16.1 Å². The highest BCUT2D eigenvalue weighted by Crippen LogP contribution is 2.22. The van der Waals surface area contributed by atoms with Crippen molar-refractivity contribution in [2.45, 2.75) is 12.8 Å². The highest BCUT2D eigenvalue weighted by atomic mass is 35.5. The van der Waals surface area contributed by atoms with Gasteiger partial charge in [-0.3, -0.25) is 9.59 Å². The van der Waals surface area contributed by atoms with Crippen molar-refractivity contribution >= 4 is 23.4 Å². The molecule has 0 aliphatic carbocycles. The first kappa shape index (κ1) is 11.5. The van der Waals surface area contributed by atoms with E-state index < -0.39 is 17.7 Å². The van der Waals surface area contributed by atoms with Crippen molar-refractivity contribution in [2.75, 3.05) is 0 Å². The predicted octanol–water partition coefficient (Wildman–Crippen LogP) is 0.703. The molecule has 0 unspecified atom stereocenters. The molecular weight excluding hydrogens is 216 g/mol. The maximum Gasteiger partial charge on any atom is 0.234 e. The minimum atomic E-state index is -1.10. The van der Waals surface area contributed by atoms with Crippen LogP contribution in [0, 0.1) is 6.92 Å². The minimum absolute atomic E-state index is 0.499. The number of carbonyl (C=O) groups excluding carboxylic acids is 2. The van der Waals surface area contributed by atoms with Crippen molar-refractivity contribution < 1.29 is 9.59 Å². The van der Waals surface area contributed by atoms with Crippen LogP contribution in [0.25, 0.3) is 0 Å². The molecule has 0 atom stereocenters. The number of hydrogen-bond acceptors (Lipinski definition) is 2. The van der Waals surface area contributed by atoms with E-state index in [-0.39, 0.29) is 0 Å². The van der Waals surface area contributed by atoms with Gasteiger partial charge in [0, 0.05) is 5.02 Å². The lowest BCUT2D eigenvalue weighted by molar-refractivity contribution is -0.128. The summed E-state index contributed by atoms with van der Waals surface area (Å²) < 4.78 is 0. The van der Waals surface area contributed by atoms with Gasteiger partial charge in [0.05, 0.1) is 0 Å². The van der Waals surface area contributed by atoms with Gasteiger partial charge in [0.2, 0.25) is 11.8 Å². The van der Waals surface area contributed by atoms with Crippen molar-refractivity contribution in [3.05, 3.63) is 34.3 Å². The van der Waals surface area contributed by atoms with E-state index in [1.807, 2.05) is 0 Å². The molecule has 5 heteroatoms. The van der Waals surface area contributed by atoms with Gasteiger partial charge in [0.1, 0.15) is 5.92 Å². The summed E-state index contributed by atoms with van der Waals surface area (Å²) in [6, 6.07) is 4.82. The molecule has 0 aliphatic heterocycles. The lowest BCUT2D eigenvalue weighted by Gasteiger charge is -2.12. The van der Waals surface area contributed by atoms with Crippen molar-refractivity contribution in [3.8, 4) is 0 Å². The Morgan fingerprint density at radius 2 is 1.80 bits per heavy atom. The lowest BCUT2D eigenvalue weighted by Crippen LogP contribution is -2.33. The quantitative estimate of drug-likeness (QED) is 0.744. The van der Waals surface area contributed by atoms with Crippen LogP contribution in [-0.2, 0) is 9.59 Å². The molecule has 80 valence electrons. The minimum Gasteiger partial charge on any atom is -0.369 e. The Morgan fingerprint density at radius 3 is 2.20 bits per heavy atom. The summed E-state index contributed by atoms with van der Waals surface area (Å²) in [7, 11) is 0. The van der Waals surface area contributed by atoms with E-state index >= 15 is 0 Å². The fourth-order valence-corrected chi connectivity index (χ4v) is 1.64. The highest BCUT2D eigenvalue weighted by molar-refractivity contribution is 6.30. The second-order valence-corrected chi connectivity index (χ2v) is 3.68. The molecule has 0 aromatic heterocycles. The van der Waals surface area contributed by atoms with Crippen molar-refractivity contribution in [3.63, 3.8) is 0 Å². The zero-order chi connectivity index (χ0) is 11.6. The maximum atomic E-state index is 11.1. The molecule has 0 heterocycles. The Morgan fingerprint density at radius 1 is 1.27 bits per heavy atom. The van der Waals surface area contributed by atoms with Gasteiger partial charge in [-0.15, -0.1) is 0 Å². The third kappa shape index (κ3) is 2.47. The highest BCUT2D eigenvalue weighted by Gasteiger charge is 2.25. The van der Waals surface area contributed by atoms with E-state index in [0.717, 1.165) is 0 Å². The number of carbonyl (C=O) groups is 2. The van der Waals surface area contributed by atoms with E-state index in [9.17, 15) is 9.59 Å². The van der Waals surface area contributed by atoms with Gasteiger partial charge in [-0.25, -0.2) is 0 Å². The SMILES string of the molecule is Cc1cc(Cl)ccc1C(C(N)=O)C(N)=O. The van der Waals surface area contributed by atoms with Gasteiger partial charge < -0.3 is 11.5 Å². The first-order valence-electron chi connectivity index (χ1n) is 4.28. The third-order valence-electron chi connectivity index (χ3n) is 2.11. The fraction of sp³-hybridized carbons (Fsp3) is 0.200. The number of hydrogen-bond donors (Lipinski definition) is 2. The number of rotatable bonds is 3. The number of aryl methyl sites for hydroxylation is 1. The molecule has 2 amide bonds. The summed E-state index contributed by atoms with van der Waals surface area (Å²) in [6.45, 7) is 1.74. The van der Waals surface area contributed by atoms with Gasteiger partial charge in [0.25, 0.3) is 0 Å². The number of nitrogens with two attached hydrogens (primary N) is 2. The average molecular weight is 227 g/mol. The van der Waals surface area contributed by atoms with Crippen LogP contribution in [-0.4, -0.2) is 11.8 Å². The van der Waals surface area contributed by atoms with Crippen LogP contribution in [0.2, 0.25) is 5.02 Å². The van der Waals surface area contributed by atoms with Gasteiger partial charge in [-0.05, 0) is 30.2 Å². The summed E-state index contributed by atoms with van der Waals surface area (Å²) in [4.78, 5) is 22.1. The second kappa shape index (κ2) is 4.31. The van der Waals surface area contributed by atoms with Crippen molar-refractivity contribution in [2.24, 2.45) is 11.5 Å². The van der Waals surface area contributed by atoms with E-state index in [4.69, 9.17) is 23.1 Å². The molecule has 15 heavy (non-hydrogen) atoms. The first-order chi connectivity index (χ1) is 6.93. The smallest absolute Gasteiger partial charge is 0.234 e. The van der Waals surface area contributed by atoms with E-state index in [2.05, 4.69) is 0 Å². The van der Waals surface area contributed by atoms with E-state index in [1.54, 1.807) is 25.1 Å². The second-order valence-electron chi connectivity index (χ2n) is 3.24. The van der Waals surface area contributed by atoms with E-state index in [1.165, 1.54) is 0 Å². The number of amides is 2. The van der Waals surface area contributed by atoms with Gasteiger partial charge in [0.15, 0.2) is 0 Å². The molecule has 1 aromatic carbocycles. The van der Waals surface area contributed by atoms with Gasteiger partial charge in [-0.2, -0.15) is 0 Å². The Balaban J connectivity index is 3.23. The van der Waals surface area contributed by atoms with Crippen LogP contribution in [0.15, 0.2) is 18.2 Å². The number of primary amides is 2. The summed E-state index contributed by atoms with van der Waals surface area (Å²) >= 11 is 5.75. The Hall–Kier alpha value is -1.55. The zero-order valence-corrected chi connectivity index (χ0v) is 8.91. The topological polar surface area (TPSA) is 86.2 Å². The Labute approximate surface area is 92.2 Å². The first-order valence-corrected chi connectivity index (χ1v) is 4.66. The summed E-state index contributed by atoms with van der Waals surface area (Å²) in [5, 5.41) is 0.531. The largest absolute Gasteiger partial charge is 0.369 e. The average Bonchev–Trinajstić information content (AvgIpc) is 2.08. The molecule has 0 radical (unpaired) electrons. The molecule has 1 aromatic rings. The Kier molecular flexibility index (Phi) is 3.31. The summed E-state index contributed by atoms with van der Waals surface area (Å²) in [5.74, 6) is -2.61. The van der Waals surface area contributed by atoms with Crippen LogP contribution >= 0.6 is 11.6 Å². The maximum absolute atomic E-state index is 11.1. The lowest BCUT2D eigenvalue weighted by atomic mass is 9.94. The van der Waals surface area contributed by atoms with Crippen LogP contribution in [0.5, 0.6) is 0 Å². The Bertz CT molecular complexity index is 404. The van der Waals surface area contributed by atoms with Crippen LogP contribution < -0.4 is 11.5 Å². The van der Waals surface area contributed by atoms with Gasteiger partial charge in [-0.1, -0.05) is 17.7 Å². The molecule has 0 saturated heterocycles. The standard InChI is InChI=1S/C10H11ClN2O2/c1-5-4-6(11)2-3-7(5)8(9(12)14)10(13)15/h2-4,8H,1H3,(H2,12,14)(H2,13,15). The van der Waals surface area contributed by atoms with Crippen molar-refractivity contribution in [1.82, 2.24) is 0 Å². The molecule has 0 bridgehead atoms. The zero-order valence-electron chi connectivity index (χ0n) is 8.16. The normalized spacial score (nSPS) is 10.3. The molecule has 4 nitrogen and oxygen atoms in total. The third-order valence-corrected chi connectivity index (χ3v) is 2.35. The molecular formula is C10H11ClN2O2. The molecule has 0 aliphatic rings. The predicted molar refractivity (Wildman–Crippen MR) is 57.3 cm³/mol. The number of benzene rings is 1. The number of halogens is 1. The van der Waals surface area contributed by atoms with Crippen LogP contribution in [0.4, 0.5) is 0 Å². The molecule has 4 N–H and O–H groups in total. The van der Waals surface area contributed by atoms with Crippen LogP contribution in [0.3, 0.4) is 0 Å². The van der Waals surface area contributed by atoms with Gasteiger partial charge >= 0.3 is 0 Å². The van der Waals surface area contributed by atoms with Crippen LogP contribution in [0.1, 0.15) is 17.0 Å². The summed E-state index contributed by atoms with van der Waals surface area (Å²) in [5.41, 5.74) is 11.4. The summed E-state index contributed by atoms with van der Waals surface area (Å²) in [6.07, 6.45) is 0.